The van der Waals surface area contributed by atoms with Gasteiger partial charge in [-0.3, -0.25) is 14.2 Å². The molecule has 0 aliphatic carbocycles. The zero-order chi connectivity index (χ0) is 20.4. The van der Waals surface area contributed by atoms with Gasteiger partial charge in [0.2, 0.25) is 0 Å². The highest BCUT2D eigenvalue weighted by Crippen LogP contribution is 2.30. The van der Waals surface area contributed by atoms with Crippen LogP contribution in [0.15, 0.2) is 47.3 Å². The SMILES string of the molecule is Cc1c(C(=O)NCc2ccc3c(c2)OCCO3)sc(=O)n1Cc1ccccc1F. The van der Waals surface area contributed by atoms with E-state index >= 15 is 0 Å². The van der Waals surface area contributed by atoms with E-state index in [1.54, 1.807) is 25.1 Å². The summed E-state index contributed by atoms with van der Waals surface area (Å²) in [5.74, 6) is 0.617. The minimum Gasteiger partial charge on any atom is -0.486 e. The van der Waals surface area contributed by atoms with Gasteiger partial charge in [0.05, 0.1) is 6.54 Å². The fourth-order valence-corrected chi connectivity index (χ4v) is 4.04. The number of nitrogens with one attached hydrogen (secondary N) is 1. The minimum absolute atomic E-state index is 0.0866. The lowest BCUT2D eigenvalue weighted by Crippen LogP contribution is -2.23. The van der Waals surface area contributed by atoms with Gasteiger partial charge in [-0.2, -0.15) is 0 Å². The number of thiazole rings is 1. The molecule has 2 heterocycles. The number of benzene rings is 2. The molecule has 0 bridgehead atoms. The summed E-state index contributed by atoms with van der Waals surface area (Å²) < 4.78 is 26.4. The highest BCUT2D eigenvalue weighted by molar-refractivity contribution is 7.11. The highest BCUT2D eigenvalue weighted by atomic mass is 32.1. The van der Waals surface area contributed by atoms with Gasteiger partial charge in [-0.05, 0) is 30.7 Å². The number of ether oxygens (including phenoxy) is 2. The normalized spacial score (nSPS) is 12.6. The molecule has 0 saturated heterocycles. The Labute approximate surface area is 170 Å². The Bertz CT molecular complexity index is 1120. The number of halogens is 1. The lowest BCUT2D eigenvalue weighted by molar-refractivity contribution is 0.0953. The van der Waals surface area contributed by atoms with Crippen molar-refractivity contribution in [1.29, 1.82) is 0 Å². The standard InChI is InChI=1S/C21H19FN2O4S/c1-13-19(29-21(26)24(13)12-15-4-2-3-5-16(15)22)20(25)23-11-14-6-7-17-18(10-14)28-9-8-27-17/h2-7,10H,8-9,11-12H2,1H3,(H,23,25). The predicted octanol–water partition coefficient (Wildman–Crippen LogP) is 3.11. The Kier molecular flexibility index (Phi) is 5.35. The molecule has 3 aromatic rings. The fourth-order valence-electron chi connectivity index (χ4n) is 3.13. The summed E-state index contributed by atoms with van der Waals surface area (Å²) in [6.07, 6.45) is 0. The number of hydrogen-bond donors (Lipinski definition) is 1. The highest BCUT2D eigenvalue weighted by Gasteiger charge is 2.19. The maximum atomic E-state index is 13.9. The molecule has 1 amide bonds. The molecule has 150 valence electrons. The van der Waals surface area contributed by atoms with Crippen LogP contribution in [0, 0.1) is 12.7 Å². The molecule has 4 rings (SSSR count). The Morgan fingerprint density at radius 3 is 2.72 bits per heavy atom. The van der Waals surface area contributed by atoms with Crippen LogP contribution >= 0.6 is 11.3 Å². The molecule has 0 atom stereocenters. The second-order valence-corrected chi connectivity index (χ2v) is 7.58. The molecular weight excluding hydrogens is 395 g/mol. The average molecular weight is 414 g/mol. The van der Waals surface area contributed by atoms with Crippen LogP contribution in [0.2, 0.25) is 0 Å². The maximum absolute atomic E-state index is 13.9. The van der Waals surface area contributed by atoms with Crippen LogP contribution in [0.3, 0.4) is 0 Å². The molecule has 29 heavy (non-hydrogen) atoms. The Morgan fingerprint density at radius 1 is 1.17 bits per heavy atom. The topological polar surface area (TPSA) is 69.6 Å². The van der Waals surface area contributed by atoms with Gasteiger partial charge in [0.25, 0.3) is 5.91 Å². The molecule has 6 nitrogen and oxygen atoms in total. The van der Waals surface area contributed by atoms with Crippen molar-refractivity contribution in [3.8, 4) is 11.5 Å². The van der Waals surface area contributed by atoms with Gasteiger partial charge in [-0.15, -0.1) is 0 Å². The van der Waals surface area contributed by atoms with E-state index in [1.807, 2.05) is 18.2 Å². The Balaban J connectivity index is 1.48. The van der Waals surface area contributed by atoms with E-state index < -0.39 is 0 Å². The van der Waals surface area contributed by atoms with Crippen LogP contribution in [0.25, 0.3) is 0 Å². The molecule has 1 aliphatic heterocycles. The van der Waals surface area contributed by atoms with Crippen molar-refractivity contribution in [1.82, 2.24) is 9.88 Å². The van der Waals surface area contributed by atoms with Crippen molar-refractivity contribution >= 4 is 17.2 Å². The number of hydrogen-bond acceptors (Lipinski definition) is 5. The summed E-state index contributed by atoms with van der Waals surface area (Å²) in [5.41, 5.74) is 1.78. The van der Waals surface area contributed by atoms with Crippen molar-refractivity contribution in [3.05, 3.63) is 79.6 Å². The fraction of sp³-hybridized carbons (Fsp3) is 0.238. The summed E-state index contributed by atoms with van der Waals surface area (Å²) in [6.45, 7) is 3.08. The quantitative estimate of drug-likeness (QED) is 0.697. The lowest BCUT2D eigenvalue weighted by atomic mass is 10.2. The predicted molar refractivity (Wildman–Crippen MR) is 107 cm³/mol. The number of amides is 1. The van der Waals surface area contributed by atoms with Crippen LogP contribution in [0.4, 0.5) is 4.39 Å². The number of fused-ring (bicyclic) bond motifs is 1. The molecule has 0 spiro atoms. The van der Waals surface area contributed by atoms with Crippen LogP contribution in [-0.4, -0.2) is 23.7 Å². The molecule has 1 aromatic heterocycles. The molecule has 0 unspecified atom stereocenters. The molecule has 2 aromatic carbocycles. The second kappa shape index (κ2) is 8.08. The monoisotopic (exact) mass is 414 g/mol. The first-order valence-electron chi connectivity index (χ1n) is 9.13. The zero-order valence-electron chi connectivity index (χ0n) is 15.7. The first-order valence-corrected chi connectivity index (χ1v) is 9.95. The largest absolute Gasteiger partial charge is 0.486 e. The van der Waals surface area contributed by atoms with Gasteiger partial charge in [0.1, 0.15) is 23.9 Å². The number of rotatable bonds is 5. The first-order chi connectivity index (χ1) is 14.0. The van der Waals surface area contributed by atoms with E-state index in [-0.39, 0.29) is 29.7 Å². The van der Waals surface area contributed by atoms with Crippen molar-refractivity contribution < 1.29 is 18.7 Å². The smallest absolute Gasteiger partial charge is 0.308 e. The average Bonchev–Trinajstić information content (AvgIpc) is 3.01. The van der Waals surface area contributed by atoms with Gasteiger partial charge >= 0.3 is 4.87 Å². The van der Waals surface area contributed by atoms with E-state index in [1.165, 1.54) is 10.6 Å². The molecule has 1 N–H and O–H groups in total. The van der Waals surface area contributed by atoms with Gasteiger partial charge < -0.3 is 14.8 Å². The van der Waals surface area contributed by atoms with Crippen LogP contribution in [0.1, 0.15) is 26.5 Å². The summed E-state index contributed by atoms with van der Waals surface area (Å²) in [5, 5.41) is 2.83. The molecule has 0 radical (unpaired) electrons. The van der Waals surface area contributed by atoms with Crippen LogP contribution in [-0.2, 0) is 13.1 Å². The summed E-state index contributed by atoms with van der Waals surface area (Å²) >= 11 is 0.860. The molecule has 0 fully saturated rings. The lowest BCUT2D eigenvalue weighted by Gasteiger charge is -2.18. The number of nitrogens with zero attached hydrogens (tertiary/aromatic N) is 1. The van der Waals surface area contributed by atoms with Crippen LogP contribution < -0.4 is 19.7 Å². The Morgan fingerprint density at radius 2 is 1.93 bits per heavy atom. The Hall–Kier alpha value is -3.13. The molecule has 0 saturated carbocycles. The second-order valence-electron chi connectivity index (χ2n) is 6.62. The number of carbonyl (C=O) groups excluding carboxylic acids is 1. The molecule has 8 heteroatoms. The third-order valence-corrected chi connectivity index (χ3v) is 5.78. The van der Waals surface area contributed by atoms with E-state index in [0.717, 1.165) is 16.9 Å². The first kappa shape index (κ1) is 19.2. The maximum Gasteiger partial charge on any atom is 0.308 e. The zero-order valence-corrected chi connectivity index (χ0v) is 16.6. The van der Waals surface area contributed by atoms with E-state index in [4.69, 9.17) is 9.47 Å². The van der Waals surface area contributed by atoms with Crippen molar-refractivity contribution in [2.45, 2.75) is 20.0 Å². The summed E-state index contributed by atoms with van der Waals surface area (Å²) in [6, 6.07) is 11.8. The van der Waals surface area contributed by atoms with Gasteiger partial charge in [0, 0.05) is 17.8 Å². The van der Waals surface area contributed by atoms with Crippen LogP contribution in [0.5, 0.6) is 11.5 Å². The van der Waals surface area contributed by atoms with Gasteiger partial charge in [0.15, 0.2) is 11.5 Å². The van der Waals surface area contributed by atoms with Crippen molar-refractivity contribution in [2.24, 2.45) is 0 Å². The third-order valence-electron chi connectivity index (χ3n) is 4.70. The van der Waals surface area contributed by atoms with E-state index in [9.17, 15) is 14.0 Å². The number of carbonyl (C=O) groups is 1. The third kappa shape index (κ3) is 4.02. The van der Waals surface area contributed by atoms with E-state index in [0.29, 0.717) is 40.8 Å². The summed E-state index contributed by atoms with van der Waals surface area (Å²) in [4.78, 5) is 25.0. The molecular formula is C21H19FN2O4S. The minimum atomic E-state index is -0.380. The molecule has 1 aliphatic rings. The van der Waals surface area contributed by atoms with Crippen molar-refractivity contribution in [2.75, 3.05) is 13.2 Å². The van der Waals surface area contributed by atoms with Gasteiger partial charge in [-0.1, -0.05) is 35.6 Å². The van der Waals surface area contributed by atoms with Crippen molar-refractivity contribution in [3.63, 3.8) is 0 Å². The number of aromatic nitrogens is 1. The summed E-state index contributed by atoms with van der Waals surface area (Å²) in [7, 11) is 0. The van der Waals surface area contributed by atoms with E-state index in [2.05, 4.69) is 5.32 Å². The van der Waals surface area contributed by atoms with Gasteiger partial charge in [-0.25, -0.2) is 4.39 Å².